The normalized spacial score (nSPS) is 9.95. The molecule has 2 aromatic rings. The summed E-state index contributed by atoms with van der Waals surface area (Å²) in [6.45, 7) is 2.51. The quantitative estimate of drug-likeness (QED) is 0.760. The summed E-state index contributed by atoms with van der Waals surface area (Å²) in [7, 11) is 1.71. The number of nitrogens with zero attached hydrogens (tertiary/aromatic N) is 2. The van der Waals surface area contributed by atoms with Crippen LogP contribution < -0.4 is 10.1 Å². The lowest BCUT2D eigenvalue weighted by Crippen LogP contribution is -2.16. The maximum Gasteiger partial charge on any atom is 0.321 e. The first-order chi connectivity index (χ1) is 9.88. The maximum absolute atomic E-state index is 5.59. The van der Waals surface area contributed by atoms with E-state index in [9.17, 15) is 0 Å². The molecule has 0 atom stereocenters. The van der Waals surface area contributed by atoms with Crippen molar-refractivity contribution in [3.05, 3.63) is 48.3 Å². The standard InChI is InChI=1S/C15H19N3O2.ClH/c1-19-10-4-7-16-12-13-5-2-6-14(11-13)20-15-17-8-3-9-18-15;/h2-3,5-6,8-9,11,16H,4,7,10,12H2,1H3;1H. The van der Waals surface area contributed by atoms with Crippen molar-refractivity contribution in [2.45, 2.75) is 13.0 Å². The van der Waals surface area contributed by atoms with Crippen LogP contribution in [-0.2, 0) is 11.3 Å². The highest BCUT2D eigenvalue weighted by atomic mass is 35.5. The molecule has 0 amide bonds. The molecule has 0 fully saturated rings. The molecule has 2 rings (SSSR count). The van der Waals surface area contributed by atoms with Crippen LogP contribution in [0.15, 0.2) is 42.7 Å². The number of nitrogens with one attached hydrogen (secondary N) is 1. The van der Waals surface area contributed by atoms with Gasteiger partial charge in [-0.2, -0.15) is 0 Å². The Morgan fingerprint density at radius 1 is 1.14 bits per heavy atom. The molecular formula is C15H20ClN3O2. The van der Waals surface area contributed by atoms with Crippen LogP contribution in [0, 0.1) is 0 Å². The third kappa shape index (κ3) is 6.53. The Morgan fingerprint density at radius 2 is 1.95 bits per heavy atom. The smallest absolute Gasteiger partial charge is 0.321 e. The summed E-state index contributed by atoms with van der Waals surface area (Å²) >= 11 is 0. The molecule has 6 heteroatoms. The second kappa shape index (κ2) is 10.1. The van der Waals surface area contributed by atoms with Gasteiger partial charge in [0.15, 0.2) is 0 Å². The number of rotatable bonds is 8. The molecule has 1 N–H and O–H groups in total. The largest absolute Gasteiger partial charge is 0.424 e. The molecule has 0 unspecified atom stereocenters. The Balaban J connectivity index is 0.00000220. The van der Waals surface area contributed by atoms with Gasteiger partial charge < -0.3 is 14.8 Å². The lowest BCUT2D eigenvalue weighted by Gasteiger charge is -2.07. The predicted octanol–water partition coefficient (Wildman–Crippen LogP) is 2.82. The van der Waals surface area contributed by atoms with Crippen LogP contribution in [-0.4, -0.2) is 30.2 Å². The number of hydrogen-bond acceptors (Lipinski definition) is 5. The van der Waals surface area contributed by atoms with Gasteiger partial charge in [0.2, 0.25) is 0 Å². The zero-order valence-electron chi connectivity index (χ0n) is 12.0. The fourth-order valence-electron chi connectivity index (χ4n) is 1.74. The molecule has 1 heterocycles. The summed E-state index contributed by atoms with van der Waals surface area (Å²) < 4.78 is 10.6. The third-order valence-electron chi connectivity index (χ3n) is 2.68. The van der Waals surface area contributed by atoms with Gasteiger partial charge in [-0.15, -0.1) is 12.4 Å². The van der Waals surface area contributed by atoms with E-state index in [-0.39, 0.29) is 12.4 Å². The first-order valence-electron chi connectivity index (χ1n) is 6.62. The van der Waals surface area contributed by atoms with Gasteiger partial charge >= 0.3 is 6.01 Å². The van der Waals surface area contributed by atoms with Gasteiger partial charge in [-0.25, -0.2) is 9.97 Å². The second-order valence-corrected chi connectivity index (χ2v) is 4.30. The van der Waals surface area contributed by atoms with E-state index >= 15 is 0 Å². The Hall–Kier alpha value is -1.69. The summed E-state index contributed by atoms with van der Waals surface area (Å²) in [5.41, 5.74) is 1.16. The van der Waals surface area contributed by atoms with Crippen molar-refractivity contribution in [2.24, 2.45) is 0 Å². The van der Waals surface area contributed by atoms with Gasteiger partial charge in [0.25, 0.3) is 0 Å². The molecule has 114 valence electrons. The molecule has 1 aromatic carbocycles. The molecule has 0 aliphatic rings. The van der Waals surface area contributed by atoms with Gasteiger partial charge in [-0.05, 0) is 36.7 Å². The molecule has 1 aromatic heterocycles. The molecule has 21 heavy (non-hydrogen) atoms. The highest BCUT2D eigenvalue weighted by molar-refractivity contribution is 5.85. The summed E-state index contributed by atoms with van der Waals surface area (Å²) in [6.07, 6.45) is 4.32. The molecular weight excluding hydrogens is 290 g/mol. The van der Waals surface area contributed by atoms with E-state index in [4.69, 9.17) is 9.47 Å². The van der Waals surface area contributed by atoms with Crippen LogP contribution in [0.2, 0.25) is 0 Å². The Labute approximate surface area is 131 Å². The predicted molar refractivity (Wildman–Crippen MR) is 84.0 cm³/mol. The number of aromatic nitrogens is 2. The fraction of sp³-hybridized carbons (Fsp3) is 0.333. The lowest BCUT2D eigenvalue weighted by molar-refractivity contribution is 0.194. The SMILES string of the molecule is COCCCNCc1cccc(Oc2ncccn2)c1.Cl. The number of hydrogen-bond donors (Lipinski definition) is 1. The first-order valence-corrected chi connectivity index (χ1v) is 6.62. The molecule has 0 aliphatic carbocycles. The van der Waals surface area contributed by atoms with E-state index in [2.05, 4.69) is 21.4 Å². The van der Waals surface area contributed by atoms with E-state index in [1.54, 1.807) is 25.6 Å². The second-order valence-electron chi connectivity index (χ2n) is 4.30. The molecule has 0 saturated carbocycles. The number of ether oxygens (including phenoxy) is 2. The highest BCUT2D eigenvalue weighted by Gasteiger charge is 2.00. The molecule has 0 radical (unpaired) electrons. The van der Waals surface area contributed by atoms with Crippen molar-refractivity contribution >= 4 is 12.4 Å². The topological polar surface area (TPSA) is 56.3 Å². The zero-order valence-corrected chi connectivity index (χ0v) is 12.8. The first kappa shape index (κ1) is 17.4. The Bertz CT molecular complexity index is 511. The van der Waals surface area contributed by atoms with Crippen molar-refractivity contribution in [1.82, 2.24) is 15.3 Å². The van der Waals surface area contributed by atoms with Crippen LogP contribution in [0.1, 0.15) is 12.0 Å². The lowest BCUT2D eigenvalue weighted by atomic mass is 10.2. The van der Waals surface area contributed by atoms with Gasteiger partial charge in [0.1, 0.15) is 5.75 Å². The number of halogens is 1. The summed E-state index contributed by atoms with van der Waals surface area (Å²) in [4.78, 5) is 8.07. The number of benzene rings is 1. The van der Waals surface area contributed by atoms with Crippen molar-refractivity contribution in [3.8, 4) is 11.8 Å². The zero-order chi connectivity index (χ0) is 14.0. The van der Waals surface area contributed by atoms with Crippen LogP contribution in [0.3, 0.4) is 0 Å². The van der Waals surface area contributed by atoms with E-state index in [1.807, 2.05) is 18.2 Å². The van der Waals surface area contributed by atoms with Gasteiger partial charge in [-0.3, -0.25) is 0 Å². The van der Waals surface area contributed by atoms with Crippen molar-refractivity contribution < 1.29 is 9.47 Å². The van der Waals surface area contributed by atoms with Gasteiger partial charge in [0.05, 0.1) is 0 Å². The van der Waals surface area contributed by atoms with Crippen LogP contribution >= 0.6 is 12.4 Å². The van der Waals surface area contributed by atoms with Crippen LogP contribution in [0.5, 0.6) is 11.8 Å². The van der Waals surface area contributed by atoms with Crippen molar-refractivity contribution in [2.75, 3.05) is 20.3 Å². The van der Waals surface area contributed by atoms with Crippen molar-refractivity contribution in [3.63, 3.8) is 0 Å². The minimum absolute atomic E-state index is 0. The van der Waals surface area contributed by atoms with Gasteiger partial charge in [-0.1, -0.05) is 12.1 Å². The van der Waals surface area contributed by atoms with Gasteiger partial charge in [0, 0.05) is 32.7 Å². The van der Waals surface area contributed by atoms with E-state index in [1.165, 1.54) is 0 Å². The molecule has 0 aliphatic heterocycles. The summed E-state index contributed by atoms with van der Waals surface area (Å²) in [6, 6.07) is 10.0. The minimum Gasteiger partial charge on any atom is -0.424 e. The average Bonchev–Trinajstić information content (AvgIpc) is 2.48. The van der Waals surface area contributed by atoms with E-state index in [0.29, 0.717) is 6.01 Å². The van der Waals surface area contributed by atoms with Crippen LogP contribution in [0.4, 0.5) is 0 Å². The molecule has 0 saturated heterocycles. The van der Waals surface area contributed by atoms with Crippen LogP contribution in [0.25, 0.3) is 0 Å². The maximum atomic E-state index is 5.59. The third-order valence-corrected chi connectivity index (χ3v) is 2.68. The highest BCUT2D eigenvalue weighted by Crippen LogP contribution is 2.18. The molecule has 0 bridgehead atoms. The Morgan fingerprint density at radius 3 is 2.71 bits per heavy atom. The number of methoxy groups -OCH3 is 1. The van der Waals surface area contributed by atoms with E-state index in [0.717, 1.165) is 37.4 Å². The molecule has 0 spiro atoms. The minimum atomic E-state index is 0. The monoisotopic (exact) mass is 309 g/mol. The average molecular weight is 310 g/mol. The molecule has 5 nitrogen and oxygen atoms in total. The summed E-state index contributed by atoms with van der Waals surface area (Å²) in [5.74, 6) is 0.743. The van der Waals surface area contributed by atoms with E-state index < -0.39 is 0 Å². The Kier molecular flexibility index (Phi) is 8.35. The van der Waals surface area contributed by atoms with Crippen molar-refractivity contribution in [1.29, 1.82) is 0 Å². The summed E-state index contributed by atoms with van der Waals surface area (Å²) in [5, 5.41) is 3.36. The fourth-order valence-corrected chi connectivity index (χ4v) is 1.74.